The summed E-state index contributed by atoms with van der Waals surface area (Å²) < 4.78 is 5.34. The van der Waals surface area contributed by atoms with Crippen molar-refractivity contribution < 1.29 is 19.1 Å². The average molecular weight is 399 g/mol. The minimum atomic E-state index is -1.55. The van der Waals surface area contributed by atoms with Gasteiger partial charge in [-0.1, -0.05) is 6.07 Å². The van der Waals surface area contributed by atoms with Gasteiger partial charge in [0.05, 0.1) is 12.8 Å². The average Bonchev–Trinajstić information content (AvgIpc) is 3.40. The van der Waals surface area contributed by atoms with Gasteiger partial charge in [-0.25, -0.2) is 0 Å². The molecular formula is C20H21N3O4S. The fourth-order valence-corrected chi connectivity index (χ4v) is 3.47. The highest BCUT2D eigenvalue weighted by molar-refractivity contribution is 7.10. The van der Waals surface area contributed by atoms with Crippen molar-refractivity contribution in [1.82, 2.24) is 5.32 Å². The van der Waals surface area contributed by atoms with Crippen LogP contribution in [0, 0.1) is 0 Å². The number of amides is 2. The number of rotatable bonds is 6. The molecule has 0 bridgehead atoms. The summed E-state index contributed by atoms with van der Waals surface area (Å²) in [6, 6.07) is 13.9. The zero-order chi connectivity index (χ0) is 20.1. The molecule has 0 aliphatic rings. The van der Waals surface area contributed by atoms with Gasteiger partial charge in [-0.05, 0) is 47.8 Å². The Morgan fingerprint density at radius 2 is 1.86 bits per heavy atom. The fourth-order valence-electron chi connectivity index (χ4n) is 2.64. The Morgan fingerprint density at radius 1 is 1.11 bits per heavy atom. The molecule has 28 heavy (non-hydrogen) atoms. The molecular weight excluding hydrogens is 378 g/mol. The Kier molecular flexibility index (Phi) is 5.81. The summed E-state index contributed by atoms with van der Waals surface area (Å²) in [6.07, 6.45) is 1.44. The number of anilines is 2. The van der Waals surface area contributed by atoms with E-state index in [-0.39, 0.29) is 12.3 Å². The van der Waals surface area contributed by atoms with Crippen molar-refractivity contribution in [2.24, 2.45) is 0 Å². The van der Waals surface area contributed by atoms with Crippen molar-refractivity contribution in [3.8, 4) is 0 Å². The van der Waals surface area contributed by atoms with E-state index in [1.807, 2.05) is 36.5 Å². The fraction of sp³-hybridized carbons (Fsp3) is 0.200. The highest BCUT2D eigenvalue weighted by Gasteiger charge is 2.36. The zero-order valence-corrected chi connectivity index (χ0v) is 16.3. The molecule has 3 aromatic rings. The van der Waals surface area contributed by atoms with Crippen molar-refractivity contribution in [2.75, 3.05) is 30.9 Å². The molecule has 8 heteroatoms. The first-order valence-electron chi connectivity index (χ1n) is 8.57. The number of carbonyl (C=O) groups excluding carboxylic acids is 2. The second kappa shape index (κ2) is 8.28. The van der Waals surface area contributed by atoms with Crippen LogP contribution in [-0.2, 0) is 15.2 Å². The number of nitrogens with zero attached hydrogens (tertiary/aromatic N) is 1. The predicted molar refractivity (Wildman–Crippen MR) is 108 cm³/mol. The van der Waals surface area contributed by atoms with Gasteiger partial charge in [0.1, 0.15) is 5.76 Å². The highest BCUT2D eigenvalue weighted by atomic mass is 32.1. The van der Waals surface area contributed by atoms with Crippen LogP contribution in [0.2, 0.25) is 0 Å². The minimum absolute atomic E-state index is 0.202. The van der Waals surface area contributed by atoms with E-state index >= 15 is 0 Å². The predicted octanol–water partition coefficient (Wildman–Crippen LogP) is 2.40. The summed E-state index contributed by atoms with van der Waals surface area (Å²) >= 11 is 1.33. The Labute approximate surface area is 166 Å². The second-order valence-corrected chi connectivity index (χ2v) is 7.34. The van der Waals surface area contributed by atoms with Crippen molar-refractivity contribution >= 4 is 34.5 Å². The summed E-state index contributed by atoms with van der Waals surface area (Å²) in [6.45, 7) is -0.202. The lowest BCUT2D eigenvalue weighted by Gasteiger charge is -2.25. The molecule has 0 aliphatic carbocycles. The first-order valence-corrected chi connectivity index (χ1v) is 9.45. The van der Waals surface area contributed by atoms with Gasteiger partial charge in [-0.2, -0.15) is 0 Å². The molecule has 0 aliphatic heterocycles. The molecule has 2 amide bonds. The maximum atomic E-state index is 12.2. The number of hydrogen-bond donors (Lipinski definition) is 3. The molecule has 0 radical (unpaired) electrons. The highest BCUT2D eigenvalue weighted by Crippen LogP contribution is 2.32. The lowest BCUT2D eigenvalue weighted by atomic mass is 9.98. The molecule has 1 aromatic carbocycles. The molecule has 0 saturated carbocycles. The molecule has 0 fully saturated rings. The van der Waals surface area contributed by atoms with Crippen molar-refractivity contribution in [3.05, 3.63) is 70.8 Å². The van der Waals surface area contributed by atoms with Gasteiger partial charge in [0.2, 0.25) is 0 Å². The standard InChI is InChI=1S/C20H21N3O4S/c1-23(2)15-9-7-14(8-10-15)22-19(25)18(24)21-13-20(26,16-5-3-11-27-16)17-6-4-12-28-17/h3-12,26H,13H2,1-2H3,(H,21,24)(H,22,25). The third kappa shape index (κ3) is 4.24. The third-order valence-electron chi connectivity index (χ3n) is 4.21. The number of carbonyl (C=O) groups is 2. The maximum Gasteiger partial charge on any atom is 0.313 e. The smallest absolute Gasteiger partial charge is 0.313 e. The van der Waals surface area contributed by atoms with Crippen LogP contribution in [0.1, 0.15) is 10.6 Å². The largest absolute Gasteiger partial charge is 0.466 e. The van der Waals surface area contributed by atoms with E-state index in [0.29, 0.717) is 10.6 Å². The monoisotopic (exact) mass is 399 g/mol. The van der Waals surface area contributed by atoms with Crippen LogP contribution in [0.4, 0.5) is 11.4 Å². The van der Waals surface area contributed by atoms with Crippen LogP contribution in [-0.4, -0.2) is 37.6 Å². The van der Waals surface area contributed by atoms with Crippen LogP contribution in [0.3, 0.4) is 0 Å². The molecule has 7 nitrogen and oxygen atoms in total. The van der Waals surface area contributed by atoms with E-state index < -0.39 is 17.4 Å². The molecule has 2 heterocycles. The van der Waals surface area contributed by atoms with Crippen LogP contribution in [0.25, 0.3) is 0 Å². The van der Waals surface area contributed by atoms with Gasteiger partial charge < -0.3 is 25.1 Å². The number of aliphatic hydroxyl groups is 1. The maximum absolute atomic E-state index is 12.2. The minimum Gasteiger partial charge on any atom is -0.466 e. The molecule has 3 rings (SSSR count). The SMILES string of the molecule is CN(C)c1ccc(NC(=O)C(=O)NCC(O)(c2ccco2)c2cccs2)cc1. The van der Waals surface area contributed by atoms with Crippen LogP contribution in [0.5, 0.6) is 0 Å². The van der Waals surface area contributed by atoms with E-state index in [1.54, 1.807) is 36.4 Å². The summed E-state index contributed by atoms with van der Waals surface area (Å²) in [5.41, 5.74) is -0.0757. The number of nitrogens with one attached hydrogen (secondary N) is 2. The van der Waals surface area contributed by atoms with Gasteiger partial charge in [-0.3, -0.25) is 9.59 Å². The van der Waals surface area contributed by atoms with E-state index in [1.165, 1.54) is 17.6 Å². The number of thiophene rings is 1. The number of hydrogen-bond acceptors (Lipinski definition) is 6. The van der Waals surface area contributed by atoms with Crippen LogP contribution >= 0.6 is 11.3 Å². The third-order valence-corrected chi connectivity index (χ3v) is 5.23. The topological polar surface area (TPSA) is 94.8 Å². The summed E-state index contributed by atoms with van der Waals surface area (Å²) in [5, 5.41) is 17.9. The normalized spacial score (nSPS) is 12.8. The molecule has 146 valence electrons. The molecule has 0 spiro atoms. The quantitative estimate of drug-likeness (QED) is 0.554. The van der Waals surface area contributed by atoms with Gasteiger partial charge in [0.15, 0.2) is 5.60 Å². The Morgan fingerprint density at radius 3 is 2.43 bits per heavy atom. The molecule has 3 N–H and O–H groups in total. The lowest BCUT2D eigenvalue weighted by Crippen LogP contribution is -2.44. The van der Waals surface area contributed by atoms with Gasteiger partial charge in [0, 0.05) is 30.3 Å². The first-order chi connectivity index (χ1) is 13.4. The lowest BCUT2D eigenvalue weighted by molar-refractivity contribution is -0.136. The molecule has 1 atom stereocenters. The second-order valence-electron chi connectivity index (χ2n) is 6.39. The molecule has 0 saturated heterocycles. The zero-order valence-electron chi connectivity index (χ0n) is 15.5. The van der Waals surface area contributed by atoms with Crippen molar-refractivity contribution in [1.29, 1.82) is 0 Å². The Bertz CT molecular complexity index is 885. The van der Waals surface area contributed by atoms with E-state index in [9.17, 15) is 14.7 Å². The Balaban J connectivity index is 1.65. The van der Waals surface area contributed by atoms with Gasteiger partial charge in [-0.15, -0.1) is 11.3 Å². The van der Waals surface area contributed by atoms with Crippen molar-refractivity contribution in [3.63, 3.8) is 0 Å². The number of furan rings is 1. The van der Waals surface area contributed by atoms with Crippen LogP contribution in [0.15, 0.2) is 64.6 Å². The summed E-state index contributed by atoms with van der Waals surface area (Å²) in [5.74, 6) is -1.38. The van der Waals surface area contributed by atoms with Crippen molar-refractivity contribution in [2.45, 2.75) is 5.60 Å². The van der Waals surface area contributed by atoms with Gasteiger partial charge in [0.25, 0.3) is 0 Å². The summed E-state index contributed by atoms with van der Waals surface area (Å²) in [7, 11) is 3.82. The summed E-state index contributed by atoms with van der Waals surface area (Å²) in [4.78, 5) is 27.0. The first kappa shape index (κ1) is 19.7. The Hall–Kier alpha value is -3.10. The van der Waals surface area contributed by atoms with Crippen LogP contribution < -0.4 is 15.5 Å². The van der Waals surface area contributed by atoms with E-state index in [2.05, 4.69) is 10.6 Å². The number of benzene rings is 1. The van der Waals surface area contributed by atoms with E-state index in [0.717, 1.165) is 5.69 Å². The van der Waals surface area contributed by atoms with Gasteiger partial charge >= 0.3 is 11.8 Å². The molecule has 1 unspecified atom stereocenters. The van der Waals surface area contributed by atoms with E-state index in [4.69, 9.17) is 4.42 Å². The molecule has 2 aromatic heterocycles.